The number of hydrogen-bond acceptors (Lipinski definition) is 3. The zero-order valence-corrected chi connectivity index (χ0v) is 14.3. The maximum Gasteiger partial charge on any atom is 0.407 e. The van der Waals surface area contributed by atoms with Gasteiger partial charge in [0.25, 0.3) is 0 Å². The molecule has 26 heavy (non-hydrogen) atoms. The first-order chi connectivity index (χ1) is 12.8. The van der Waals surface area contributed by atoms with Crippen LogP contribution in [0.15, 0.2) is 54.7 Å². The van der Waals surface area contributed by atoms with E-state index in [4.69, 9.17) is 4.74 Å². The van der Waals surface area contributed by atoms with Crippen LogP contribution in [0.3, 0.4) is 0 Å². The number of nitrogens with one attached hydrogen (secondary N) is 3. The lowest BCUT2D eigenvalue weighted by Gasteiger charge is -2.07. The summed E-state index contributed by atoms with van der Waals surface area (Å²) < 4.78 is 5.20. The number of hydrogen-bond donors (Lipinski definition) is 3. The fourth-order valence-electron chi connectivity index (χ4n) is 2.78. The summed E-state index contributed by atoms with van der Waals surface area (Å²) in [5.41, 5.74) is 4.12. The van der Waals surface area contributed by atoms with Crippen molar-refractivity contribution in [2.45, 2.75) is 19.6 Å². The Morgan fingerprint density at radius 2 is 1.96 bits per heavy atom. The summed E-state index contributed by atoms with van der Waals surface area (Å²) in [6.07, 6.45) is 2.89. The minimum absolute atomic E-state index is 0.257. The summed E-state index contributed by atoms with van der Waals surface area (Å²) >= 11 is 0. The number of amides is 2. The highest BCUT2D eigenvalue weighted by Gasteiger charge is 2.07. The first-order valence-electron chi connectivity index (χ1n) is 8.47. The van der Waals surface area contributed by atoms with Crippen LogP contribution in [-0.2, 0) is 29.1 Å². The van der Waals surface area contributed by atoms with E-state index in [1.165, 1.54) is 0 Å². The van der Waals surface area contributed by atoms with E-state index >= 15 is 0 Å². The predicted octanol–water partition coefficient (Wildman–Crippen LogP) is 2.88. The van der Waals surface area contributed by atoms with Crippen LogP contribution < -0.4 is 10.6 Å². The van der Waals surface area contributed by atoms with Gasteiger partial charge in [-0.05, 0) is 35.2 Å². The molecule has 6 heteroatoms. The normalized spacial score (nSPS) is 10.5. The molecule has 0 saturated heterocycles. The molecule has 0 unspecified atom stereocenters. The molecular weight excluding hydrogens is 330 g/mol. The number of benzene rings is 2. The van der Waals surface area contributed by atoms with Gasteiger partial charge in [0.1, 0.15) is 6.61 Å². The third-order valence-corrected chi connectivity index (χ3v) is 4.10. The van der Waals surface area contributed by atoms with Crippen molar-refractivity contribution < 1.29 is 14.3 Å². The monoisotopic (exact) mass is 351 g/mol. The molecule has 3 N–H and O–H groups in total. The molecule has 0 spiro atoms. The molecule has 2 amide bonds. The molecular formula is C20H21N3O3. The molecule has 1 heterocycles. The molecule has 3 rings (SSSR count). The molecule has 1 aromatic heterocycles. The molecule has 134 valence electrons. The smallest absolute Gasteiger partial charge is 0.407 e. The predicted molar refractivity (Wildman–Crippen MR) is 99.5 cm³/mol. The second-order valence-corrected chi connectivity index (χ2v) is 5.93. The van der Waals surface area contributed by atoms with Crippen LogP contribution >= 0.6 is 0 Å². The van der Waals surface area contributed by atoms with E-state index in [9.17, 15) is 9.59 Å². The van der Waals surface area contributed by atoms with E-state index in [1.54, 1.807) is 0 Å². The zero-order chi connectivity index (χ0) is 18.2. The molecule has 2 aromatic carbocycles. The number of aromatic nitrogens is 1. The van der Waals surface area contributed by atoms with E-state index in [2.05, 4.69) is 15.6 Å². The van der Waals surface area contributed by atoms with Crippen LogP contribution in [0.5, 0.6) is 0 Å². The van der Waals surface area contributed by atoms with Crippen LogP contribution in [0.2, 0.25) is 0 Å². The van der Waals surface area contributed by atoms with Gasteiger partial charge >= 0.3 is 6.09 Å². The van der Waals surface area contributed by atoms with Gasteiger partial charge in [-0.15, -0.1) is 0 Å². The number of aromatic amines is 1. The summed E-state index contributed by atoms with van der Waals surface area (Å²) in [5.74, 6) is 0. The number of carbonyl (C=O) groups is 2. The Bertz CT molecular complexity index is 874. The van der Waals surface area contributed by atoms with E-state index in [-0.39, 0.29) is 6.61 Å². The zero-order valence-electron chi connectivity index (χ0n) is 14.3. The Kier molecular flexibility index (Phi) is 5.88. The molecule has 0 fully saturated rings. The van der Waals surface area contributed by atoms with Crippen molar-refractivity contribution in [1.29, 1.82) is 0 Å². The minimum Gasteiger partial charge on any atom is -0.445 e. The summed E-state index contributed by atoms with van der Waals surface area (Å²) in [4.78, 5) is 25.5. The van der Waals surface area contributed by atoms with Crippen LogP contribution in [0.1, 0.15) is 16.7 Å². The lowest BCUT2D eigenvalue weighted by atomic mass is 10.1. The van der Waals surface area contributed by atoms with E-state index < -0.39 is 6.09 Å². The summed E-state index contributed by atoms with van der Waals surface area (Å²) in [7, 11) is 0. The molecule has 0 radical (unpaired) electrons. The number of ether oxygens (including phenoxy) is 1. The summed E-state index contributed by atoms with van der Waals surface area (Å²) in [6.45, 7) is 1.23. The molecule has 0 atom stereocenters. The summed E-state index contributed by atoms with van der Waals surface area (Å²) in [6, 6.07) is 15.6. The largest absolute Gasteiger partial charge is 0.445 e. The van der Waals surface area contributed by atoms with Gasteiger partial charge in [0, 0.05) is 30.2 Å². The number of alkyl carbamates (subject to hydrolysis) is 1. The van der Waals surface area contributed by atoms with Crippen molar-refractivity contribution >= 4 is 23.4 Å². The van der Waals surface area contributed by atoms with Gasteiger partial charge in [0.15, 0.2) is 0 Å². The lowest BCUT2D eigenvalue weighted by molar-refractivity contribution is -0.109. The number of rotatable bonds is 8. The van der Waals surface area contributed by atoms with Crippen LogP contribution in [0, 0.1) is 0 Å². The maximum atomic E-state index is 11.8. The highest BCUT2D eigenvalue weighted by Crippen LogP contribution is 2.20. The second-order valence-electron chi connectivity index (χ2n) is 5.93. The third kappa shape index (κ3) is 4.63. The van der Waals surface area contributed by atoms with Gasteiger partial charge in [-0.2, -0.15) is 0 Å². The first-order valence-corrected chi connectivity index (χ1v) is 8.47. The topological polar surface area (TPSA) is 83.2 Å². The minimum atomic E-state index is -0.426. The average Bonchev–Trinajstić information content (AvgIpc) is 3.08. The average molecular weight is 351 g/mol. The van der Waals surface area contributed by atoms with Crippen molar-refractivity contribution in [1.82, 2.24) is 15.6 Å². The molecule has 6 nitrogen and oxygen atoms in total. The molecule has 0 saturated carbocycles. The van der Waals surface area contributed by atoms with Gasteiger partial charge in [-0.3, -0.25) is 4.79 Å². The standard InChI is InChI=1S/C20H21N3O3/c24-14-21-11-16-6-7-19-18(10-16)17(12-23-19)8-9-22-20(25)26-13-15-4-2-1-3-5-15/h1-7,10,12,14,23H,8-9,11,13H2,(H,21,24)(H,22,25). The molecule has 0 aliphatic rings. The SMILES string of the molecule is O=CNCc1ccc2[nH]cc(CCNC(=O)OCc3ccccc3)c2c1. The quantitative estimate of drug-likeness (QED) is 0.546. The van der Waals surface area contributed by atoms with Gasteiger partial charge in [-0.1, -0.05) is 36.4 Å². The van der Waals surface area contributed by atoms with E-state index in [0.29, 0.717) is 25.9 Å². The Morgan fingerprint density at radius 1 is 1.12 bits per heavy atom. The fraction of sp³-hybridized carbons (Fsp3) is 0.200. The number of fused-ring (bicyclic) bond motifs is 1. The van der Waals surface area contributed by atoms with Crippen molar-refractivity contribution in [3.63, 3.8) is 0 Å². The second kappa shape index (κ2) is 8.71. The maximum absolute atomic E-state index is 11.8. The fourth-order valence-corrected chi connectivity index (χ4v) is 2.78. The molecule has 3 aromatic rings. The summed E-state index contributed by atoms with van der Waals surface area (Å²) in [5, 5.41) is 6.53. The van der Waals surface area contributed by atoms with Gasteiger partial charge in [0.05, 0.1) is 0 Å². The van der Waals surface area contributed by atoms with Crippen molar-refractivity contribution in [3.05, 3.63) is 71.4 Å². The van der Waals surface area contributed by atoms with E-state index in [1.807, 2.05) is 54.7 Å². The molecule has 0 bridgehead atoms. The van der Waals surface area contributed by atoms with Crippen molar-refractivity contribution in [3.8, 4) is 0 Å². The highest BCUT2D eigenvalue weighted by molar-refractivity contribution is 5.84. The Hall–Kier alpha value is -3.28. The Balaban J connectivity index is 1.51. The van der Waals surface area contributed by atoms with Gasteiger partial charge in [0.2, 0.25) is 6.41 Å². The van der Waals surface area contributed by atoms with Gasteiger partial charge < -0.3 is 20.4 Å². The Morgan fingerprint density at radius 3 is 2.77 bits per heavy atom. The molecule has 0 aliphatic carbocycles. The Labute approximate surface area is 151 Å². The van der Waals surface area contributed by atoms with Crippen LogP contribution in [0.4, 0.5) is 4.79 Å². The van der Waals surface area contributed by atoms with E-state index in [0.717, 1.165) is 27.6 Å². The molecule has 0 aliphatic heterocycles. The third-order valence-electron chi connectivity index (χ3n) is 4.10. The number of carbonyl (C=O) groups excluding carboxylic acids is 2. The van der Waals surface area contributed by atoms with Crippen LogP contribution in [-0.4, -0.2) is 24.0 Å². The van der Waals surface area contributed by atoms with Crippen molar-refractivity contribution in [2.75, 3.05) is 6.54 Å². The first kappa shape index (κ1) is 17.5. The van der Waals surface area contributed by atoms with Crippen molar-refractivity contribution in [2.24, 2.45) is 0 Å². The number of H-pyrrole nitrogens is 1. The van der Waals surface area contributed by atoms with Gasteiger partial charge in [-0.25, -0.2) is 4.79 Å². The van der Waals surface area contributed by atoms with Crippen LogP contribution in [0.25, 0.3) is 10.9 Å². The highest BCUT2D eigenvalue weighted by atomic mass is 16.5. The lowest BCUT2D eigenvalue weighted by Crippen LogP contribution is -2.26.